The highest BCUT2D eigenvalue weighted by molar-refractivity contribution is 6.30. The number of piperidine rings is 1. The number of hydrogen-bond donors (Lipinski definition) is 0. The van der Waals surface area contributed by atoms with E-state index in [0.717, 1.165) is 6.42 Å². The average Bonchev–Trinajstić information content (AvgIpc) is 2.45. The van der Waals surface area contributed by atoms with Crippen molar-refractivity contribution in [2.24, 2.45) is 5.41 Å². The number of rotatable bonds is 3. The van der Waals surface area contributed by atoms with Gasteiger partial charge in [-0.3, -0.25) is 9.78 Å². The van der Waals surface area contributed by atoms with Crippen LogP contribution in [0.25, 0.3) is 0 Å². The lowest BCUT2D eigenvalue weighted by molar-refractivity contribution is 0.0343. The molecule has 0 N–H and O–H groups in total. The number of aromatic nitrogens is 1. The Bertz CT molecular complexity index is 534. The normalized spacial score (nSPS) is 18.3. The number of carbonyl (C=O) groups excluding carboxylic acids is 1. The number of likely N-dealkylation sites (tertiary alicyclic amines) is 1. The molecule has 1 aromatic heterocycles. The molecule has 5 heteroatoms. The highest BCUT2D eigenvalue weighted by Crippen LogP contribution is 2.35. The van der Waals surface area contributed by atoms with Crippen molar-refractivity contribution >= 4 is 17.5 Å². The summed E-state index contributed by atoms with van der Waals surface area (Å²) in [6, 6.07) is 1.60. The van der Waals surface area contributed by atoms with Crippen molar-refractivity contribution < 1.29 is 9.18 Å². The van der Waals surface area contributed by atoms with Gasteiger partial charge in [0.05, 0.1) is 10.6 Å². The van der Waals surface area contributed by atoms with E-state index in [4.69, 9.17) is 11.6 Å². The van der Waals surface area contributed by atoms with Crippen molar-refractivity contribution in [3.05, 3.63) is 29.0 Å². The van der Waals surface area contributed by atoms with Gasteiger partial charge in [-0.1, -0.05) is 32.4 Å². The summed E-state index contributed by atoms with van der Waals surface area (Å²) in [5.41, 5.74) is -0.539. The number of amides is 1. The molecule has 0 spiro atoms. The second-order valence-electron chi connectivity index (χ2n) is 7.40. The minimum absolute atomic E-state index is 0.118. The fourth-order valence-corrected chi connectivity index (χ4v) is 2.84. The third-order valence-corrected chi connectivity index (χ3v) is 4.43. The highest BCUT2D eigenvalue weighted by Gasteiger charge is 2.36. The molecule has 3 nitrogen and oxygen atoms in total. The first-order valence-corrected chi connectivity index (χ1v) is 8.15. The van der Waals surface area contributed by atoms with Crippen LogP contribution in [0.2, 0.25) is 5.02 Å². The van der Waals surface area contributed by atoms with E-state index in [1.807, 2.05) is 0 Å². The minimum atomic E-state index is -1.14. The van der Waals surface area contributed by atoms with E-state index in [0.29, 0.717) is 42.9 Å². The Balaban J connectivity index is 1.93. The summed E-state index contributed by atoms with van der Waals surface area (Å²) in [6.07, 6.45) is 5.23. The number of hydrogen-bond acceptors (Lipinski definition) is 2. The van der Waals surface area contributed by atoms with E-state index in [9.17, 15) is 9.18 Å². The Kier molecular flexibility index (Phi) is 5.10. The maximum atomic E-state index is 14.8. The van der Waals surface area contributed by atoms with E-state index in [1.54, 1.807) is 11.0 Å². The van der Waals surface area contributed by atoms with Crippen molar-refractivity contribution in [1.82, 2.24) is 9.88 Å². The summed E-state index contributed by atoms with van der Waals surface area (Å²) in [4.78, 5) is 18.0. The number of alkyl halides is 1. The SMILES string of the molecule is CC(C)(C)CCC1(F)CCN(C(=O)c2cncc(Cl)c2)CC1. The molecule has 0 saturated carbocycles. The van der Waals surface area contributed by atoms with E-state index >= 15 is 0 Å². The molecule has 22 heavy (non-hydrogen) atoms. The minimum Gasteiger partial charge on any atom is -0.338 e. The quantitative estimate of drug-likeness (QED) is 0.819. The van der Waals surface area contributed by atoms with E-state index in [2.05, 4.69) is 25.8 Å². The van der Waals surface area contributed by atoms with Crippen molar-refractivity contribution in [2.45, 2.75) is 52.1 Å². The maximum Gasteiger partial charge on any atom is 0.255 e. The van der Waals surface area contributed by atoms with Crippen LogP contribution in [0.15, 0.2) is 18.5 Å². The van der Waals surface area contributed by atoms with Gasteiger partial charge in [0.2, 0.25) is 0 Å². The Morgan fingerprint density at radius 1 is 1.36 bits per heavy atom. The fourth-order valence-electron chi connectivity index (χ4n) is 2.67. The topological polar surface area (TPSA) is 33.2 Å². The van der Waals surface area contributed by atoms with Gasteiger partial charge in [-0.2, -0.15) is 0 Å². The molecule has 0 atom stereocenters. The first-order valence-electron chi connectivity index (χ1n) is 7.77. The van der Waals surface area contributed by atoms with Crippen LogP contribution in [0.5, 0.6) is 0 Å². The molecule has 0 bridgehead atoms. The molecule has 1 aliphatic rings. The Labute approximate surface area is 136 Å². The van der Waals surface area contributed by atoms with E-state index < -0.39 is 5.67 Å². The van der Waals surface area contributed by atoms with Crippen LogP contribution >= 0.6 is 11.6 Å². The summed E-state index contributed by atoms with van der Waals surface area (Å²) >= 11 is 5.86. The monoisotopic (exact) mass is 326 g/mol. The predicted molar refractivity (Wildman–Crippen MR) is 86.9 cm³/mol. The van der Waals surface area contributed by atoms with Crippen LogP contribution < -0.4 is 0 Å². The van der Waals surface area contributed by atoms with Gasteiger partial charge in [0.15, 0.2) is 0 Å². The molecular weight excluding hydrogens is 303 g/mol. The predicted octanol–water partition coefficient (Wildman–Crippen LogP) is 4.51. The molecule has 1 aliphatic heterocycles. The van der Waals surface area contributed by atoms with Crippen LogP contribution in [-0.2, 0) is 0 Å². The van der Waals surface area contributed by atoms with E-state index in [-0.39, 0.29) is 11.3 Å². The lowest BCUT2D eigenvalue weighted by Crippen LogP contribution is -2.44. The summed E-state index contributed by atoms with van der Waals surface area (Å²) in [5.74, 6) is -0.118. The van der Waals surface area contributed by atoms with Crippen LogP contribution in [-0.4, -0.2) is 34.5 Å². The molecule has 1 amide bonds. The molecule has 1 fully saturated rings. The first kappa shape index (κ1) is 17.2. The second-order valence-corrected chi connectivity index (χ2v) is 7.83. The smallest absolute Gasteiger partial charge is 0.255 e. The van der Waals surface area contributed by atoms with Gasteiger partial charge >= 0.3 is 0 Å². The van der Waals surface area contributed by atoms with Gasteiger partial charge in [0, 0.05) is 25.5 Å². The molecule has 1 saturated heterocycles. The van der Waals surface area contributed by atoms with Gasteiger partial charge in [-0.05, 0) is 37.2 Å². The third kappa shape index (κ3) is 4.67. The van der Waals surface area contributed by atoms with Crippen LogP contribution in [0, 0.1) is 5.41 Å². The molecule has 2 rings (SSSR count). The van der Waals surface area contributed by atoms with Gasteiger partial charge in [0.25, 0.3) is 5.91 Å². The van der Waals surface area contributed by atoms with Gasteiger partial charge in [-0.15, -0.1) is 0 Å². The van der Waals surface area contributed by atoms with Gasteiger partial charge in [-0.25, -0.2) is 4.39 Å². The van der Waals surface area contributed by atoms with Gasteiger partial charge in [0.1, 0.15) is 5.67 Å². The Morgan fingerprint density at radius 3 is 2.55 bits per heavy atom. The molecular formula is C17H24ClFN2O. The molecule has 1 aromatic rings. The van der Waals surface area contributed by atoms with Crippen molar-refractivity contribution in [3.8, 4) is 0 Å². The average molecular weight is 327 g/mol. The molecule has 0 unspecified atom stereocenters. The Hall–Kier alpha value is -1.16. The lowest BCUT2D eigenvalue weighted by atomic mass is 9.81. The van der Waals surface area contributed by atoms with E-state index in [1.165, 1.54) is 12.4 Å². The first-order chi connectivity index (χ1) is 10.2. The molecule has 0 aromatic carbocycles. The van der Waals surface area contributed by atoms with Crippen molar-refractivity contribution in [1.29, 1.82) is 0 Å². The molecule has 2 heterocycles. The zero-order chi connectivity index (χ0) is 16.4. The second kappa shape index (κ2) is 6.53. The molecule has 0 radical (unpaired) electrons. The zero-order valence-corrected chi connectivity index (χ0v) is 14.3. The number of nitrogens with zero attached hydrogens (tertiary/aromatic N) is 2. The summed E-state index contributed by atoms with van der Waals surface area (Å²) < 4.78 is 14.8. The van der Waals surface area contributed by atoms with Gasteiger partial charge < -0.3 is 4.90 Å². The lowest BCUT2D eigenvalue weighted by Gasteiger charge is -2.37. The standard InChI is InChI=1S/C17H24ClFN2O/c1-16(2,3)4-5-17(19)6-8-21(9-7-17)15(22)13-10-14(18)12-20-11-13/h10-12H,4-9H2,1-3H3. The highest BCUT2D eigenvalue weighted by atomic mass is 35.5. The number of halogens is 2. The maximum absolute atomic E-state index is 14.8. The summed E-state index contributed by atoms with van der Waals surface area (Å²) in [5, 5.41) is 0.438. The van der Waals surface area contributed by atoms with Crippen LogP contribution in [0.3, 0.4) is 0 Å². The van der Waals surface area contributed by atoms with Crippen LogP contribution in [0.4, 0.5) is 4.39 Å². The molecule has 0 aliphatic carbocycles. The number of carbonyl (C=O) groups is 1. The zero-order valence-electron chi connectivity index (χ0n) is 13.5. The number of pyridine rings is 1. The summed E-state index contributed by atoms with van der Waals surface area (Å²) in [6.45, 7) is 7.28. The largest absolute Gasteiger partial charge is 0.338 e. The van der Waals surface area contributed by atoms with Crippen molar-refractivity contribution in [3.63, 3.8) is 0 Å². The third-order valence-electron chi connectivity index (χ3n) is 4.22. The fraction of sp³-hybridized carbons (Fsp3) is 0.647. The van der Waals surface area contributed by atoms with Crippen molar-refractivity contribution in [2.75, 3.05) is 13.1 Å². The van der Waals surface area contributed by atoms with Crippen LogP contribution in [0.1, 0.15) is 56.8 Å². The summed E-state index contributed by atoms with van der Waals surface area (Å²) in [7, 11) is 0. The Morgan fingerprint density at radius 2 is 2.00 bits per heavy atom. The molecule has 122 valence electrons.